The fourth-order valence-electron chi connectivity index (χ4n) is 4.02. The first-order valence-corrected chi connectivity index (χ1v) is 9.20. The summed E-state index contributed by atoms with van der Waals surface area (Å²) in [6.45, 7) is 1.35. The monoisotopic (exact) mass is 384 g/mol. The summed E-state index contributed by atoms with van der Waals surface area (Å²) in [6, 6.07) is 14.0. The maximum Gasteiger partial charge on any atom is 0.295 e. The highest BCUT2D eigenvalue weighted by molar-refractivity contribution is 6.48. The second kappa shape index (κ2) is 6.34. The van der Waals surface area contributed by atoms with Crippen molar-refractivity contribution in [3.63, 3.8) is 0 Å². The van der Waals surface area contributed by atoms with Crippen LogP contribution in [0.4, 0.5) is 5.69 Å². The number of aromatic nitrogens is 3. The van der Waals surface area contributed by atoms with Crippen LogP contribution in [0.15, 0.2) is 61.1 Å². The van der Waals surface area contributed by atoms with Crippen LogP contribution in [-0.4, -0.2) is 32.4 Å². The molecule has 29 heavy (non-hydrogen) atoms. The minimum absolute atomic E-state index is 0.341. The van der Waals surface area contributed by atoms with Gasteiger partial charge in [0.25, 0.3) is 5.91 Å². The van der Waals surface area contributed by atoms with Gasteiger partial charge in [0.1, 0.15) is 11.7 Å². The van der Waals surface area contributed by atoms with Crippen molar-refractivity contribution in [1.29, 1.82) is 0 Å². The molecule has 7 heteroatoms. The molecule has 1 fully saturated rings. The average molecular weight is 384 g/mol. The van der Waals surface area contributed by atoms with Crippen molar-refractivity contribution >= 4 is 45.1 Å². The number of carbonyl (C=O) groups is 3. The molecule has 2 aromatic carbocycles. The number of hydrogen-bond donors (Lipinski definition) is 1. The van der Waals surface area contributed by atoms with Crippen molar-refractivity contribution in [3.05, 3.63) is 66.6 Å². The Morgan fingerprint density at radius 2 is 1.86 bits per heavy atom. The molecule has 1 aliphatic heterocycles. The number of carbonyl (C=O) groups excluding carboxylic acids is 3. The van der Waals surface area contributed by atoms with Gasteiger partial charge in [-0.05, 0) is 42.8 Å². The third-order valence-corrected chi connectivity index (χ3v) is 5.38. The number of fused-ring (bicyclic) bond motifs is 2. The fraction of sp³-hybridized carbons (Fsp3) is 0.136. The van der Waals surface area contributed by atoms with Gasteiger partial charge in [-0.3, -0.25) is 24.3 Å². The summed E-state index contributed by atoms with van der Waals surface area (Å²) in [7, 11) is 0. The van der Waals surface area contributed by atoms with Crippen LogP contribution >= 0.6 is 0 Å². The predicted molar refractivity (Wildman–Crippen MR) is 107 cm³/mol. The first-order chi connectivity index (χ1) is 14.0. The maximum absolute atomic E-state index is 12.9. The molecular formula is C22H16N4O3. The van der Waals surface area contributed by atoms with E-state index in [1.54, 1.807) is 30.7 Å². The number of Topliss-reactive ketones (excluding diaryl/α,β-unsaturated/α-hetero) is 2. The number of benzene rings is 2. The van der Waals surface area contributed by atoms with Crippen LogP contribution in [-0.2, 0) is 14.4 Å². The van der Waals surface area contributed by atoms with Crippen molar-refractivity contribution in [2.45, 2.75) is 13.0 Å². The van der Waals surface area contributed by atoms with E-state index < -0.39 is 23.7 Å². The number of hydrogen-bond acceptors (Lipinski definition) is 5. The van der Waals surface area contributed by atoms with E-state index >= 15 is 0 Å². The Morgan fingerprint density at radius 3 is 2.69 bits per heavy atom. The molecule has 2 aromatic heterocycles. The molecule has 0 aliphatic carbocycles. The predicted octanol–water partition coefficient (Wildman–Crippen LogP) is 2.97. The molecule has 142 valence electrons. The number of ketones is 2. The van der Waals surface area contributed by atoms with Crippen LogP contribution in [0, 0.1) is 5.92 Å². The fourth-order valence-corrected chi connectivity index (χ4v) is 4.02. The Bertz CT molecular complexity index is 1310. The summed E-state index contributed by atoms with van der Waals surface area (Å²) in [5.41, 5.74) is 3.47. The van der Waals surface area contributed by atoms with Crippen molar-refractivity contribution in [2.75, 3.05) is 4.90 Å². The van der Waals surface area contributed by atoms with Gasteiger partial charge in [0, 0.05) is 17.3 Å². The summed E-state index contributed by atoms with van der Waals surface area (Å²) in [6.07, 6.45) is 3.20. The van der Waals surface area contributed by atoms with Crippen molar-refractivity contribution in [1.82, 2.24) is 15.0 Å². The summed E-state index contributed by atoms with van der Waals surface area (Å²) < 4.78 is 0. The highest BCUT2D eigenvalue weighted by atomic mass is 16.2. The summed E-state index contributed by atoms with van der Waals surface area (Å²) in [5.74, 6) is -2.79. The van der Waals surface area contributed by atoms with Crippen molar-refractivity contribution in [3.8, 4) is 0 Å². The molecule has 1 aliphatic rings. The molecule has 1 saturated heterocycles. The van der Waals surface area contributed by atoms with Crippen LogP contribution < -0.4 is 4.90 Å². The lowest BCUT2D eigenvalue weighted by Crippen LogP contribution is -2.30. The molecule has 0 bridgehead atoms. The molecule has 2 unspecified atom stereocenters. The van der Waals surface area contributed by atoms with E-state index in [0.29, 0.717) is 11.3 Å². The van der Waals surface area contributed by atoms with E-state index in [0.717, 1.165) is 21.9 Å². The second-order valence-corrected chi connectivity index (χ2v) is 7.14. The number of para-hydroxylation sites is 1. The minimum Gasteiger partial charge on any atom is -0.345 e. The highest BCUT2D eigenvalue weighted by Gasteiger charge is 2.51. The van der Waals surface area contributed by atoms with Gasteiger partial charge >= 0.3 is 0 Å². The normalized spacial score (nSPS) is 19.4. The summed E-state index contributed by atoms with van der Waals surface area (Å²) >= 11 is 0. The third kappa shape index (κ3) is 2.62. The number of amides is 1. The molecule has 2 atom stereocenters. The lowest BCUT2D eigenvalue weighted by atomic mass is 9.90. The molecule has 5 rings (SSSR count). The quantitative estimate of drug-likeness (QED) is 0.433. The Hall–Kier alpha value is -3.87. The van der Waals surface area contributed by atoms with Crippen molar-refractivity contribution in [2.24, 2.45) is 5.92 Å². The lowest BCUT2D eigenvalue weighted by Gasteiger charge is -2.27. The molecule has 0 radical (unpaired) electrons. The van der Waals surface area contributed by atoms with Gasteiger partial charge < -0.3 is 4.98 Å². The van der Waals surface area contributed by atoms with Gasteiger partial charge in [-0.15, -0.1) is 0 Å². The Balaban J connectivity index is 1.70. The first-order valence-electron chi connectivity index (χ1n) is 9.20. The van der Waals surface area contributed by atoms with Gasteiger partial charge in [-0.2, -0.15) is 0 Å². The summed E-state index contributed by atoms with van der Waals surface area (Å²) in [4.78, 5) is 51.1. The van der Waals surface area contributed by atoms with Gasteiger partial charge in [-0.1, -0.05) is 18.2 Å². The minimum atomic E-state index is -1.07. The number of anilines is 1. The molecule has 0 spiro atoms. The van der Waals surface area contributed by atoms with Gasteiger partial charge in [-0.25, -0.2) is 4.98 Å². The number of aromatic amines is 1. The van der Waals surface area contributed by atoms with Crippen LogP contribution in [0.5, 0.6) is 0 Å². The van der Waals surface area contributed by atoms with Crippen LogP contribution in [0.1, 0.15) is 18.5 Å². The number of pyridine rings is 1. The highest BCUT2D eigenvalue weighted by Crippen LogP contribution is 2.41. The number of H-pyrrole nitrogens is 1. The topological polar surface area (TPSA) is 96.0 Å². The first kappa shape index (κ1) is 17.2. The van der Waals surface area contributed by atoms with E-state index in [-0.39, 0.29) is 5.78 Å². The van der Waals surface area contributed by atoms with E-state index in [1.807, 2.05) is 30.3 Å². The van der Waals surface area contributed by atoms with Gasteiger partial charge in [0.05, 0.1) is 28.9 Å². The molecule has 0 saturated carbocycles. The Labute approximate surface area is 165 Å². The second-order valence-electron chi connectivity index (χ2n) is 7.14. The largest absolute Gasteiger partial charge is 0.345 e. The molecule has 7 nitrogen and oxygen atoms in total. The van der Waals surface area contributed by atoms with E-state index in [4.69, 9.17) is 0 Å². The molecular weight excluding hydrogens is 368 g/mol. The third-order valence-electron chi connectivity index (χ3n) is 5.38. The zero-order valence-electron chi connectivity index (χ0n) is 15.5. The number of imidazole rings is 1. The summed E-state index contributed by atoms with van der Waals surface area (Å²) in [5, 5.41) is 0.878. The average Bonchev–Trinajstić information content (AvgIpc) is 3.29. The van der Waals surface area contributed by atoms with E-state index in [2.05, 4.69) is 15.0 Å². The molecule has 4 aromatic rings. The maximum atomic E-state index is 12.9. The van der Waals surface area contributed by atoms with Crippen LogP contribution in [0.2, 0.25) is 0 Å². The SMILES string of the molecule is CC(=O)C1C(=O)C(=O)N(c2ccc3nc[nH]c3c2)C1c1cnc2ccccc2c1. The standard InChI is InChI=1S/C22H16N4O3/c1-12(27)19-20(14-8-13-4-2-3-5-16(13)23-10-14)26(22(29)21(19)28)15-6-7-17-18(9-15)25-11-24-17/h2-11,19-20H,1H3,(H,24,25). The van der Waals surface area contributed by atoms with Crippen LogP contribution in [0.25, 0.3) is 21.9 Å². The molecule has 3 heterocycles. The van der Waals surface area contributed by atoms with Crippen LogP contribution in [0.3, 0.4) is 0 Å². The van der Waals surface area contributed by atoms with E-state index in [1.165, 1.54) is 11.8 Å². The lowest BCUT2D eigenvalue weighted by molar-refractivity contribution is -0.138. The van der Waals surface area contributed by atoms with E-state index in [9.17, 15) is 14.4 Å². The number of nitrogens with one attached hydrogen (secondary N) is 1. The Morgan fingerprint density at radius 1 is 1.03 bits per heavy atom. The zero-order chi connectivity index (χ0) is 20.1. The number of rotatable bonds is 3. The van der Waals surface area contributed by atoms with Crippen molar-refractivity contribution < 1.29 is 14.4 Å². The Kier molecular flexibility index (Phi) is 3.77. The molecule has 1 amide bonds. The molecule has 1 N–H and O–H groups in total. The number of nitrogens with zero attached hydrogens (tertiary/aromatic N) is 3. The zero-order valence-corrected chi connectivity index (χ0v) is 15.5. The van der Waals surface area contributed by atoms with Gasteiger partial charge in [0.15, 0.2) is 0 Å². The van der Waals surface area contributed by atoms with Gasteiger partial charge in [0.2, 0.25) is 5.78 Å². The smallest absolute Gasteiger partial charge is 0.295 e.